The monoisotopic (exact) mass is 643 g/mol. The van der Waals surface area contributed by atoms with Crippen LogP contribution in [0, 0.1) is 5.82 Å². The fraction of sp³-hybridized carbons (Fsp3) is 0.152. The topological polar surface area (TPSA) is 122 Å². The maximum absolute atomic E-state index is 14.6. The number of aromatic hydroxyl groups is 1. The number of ether oxygens (including phenoxy) is 2. The lowest BCUT2D eigenvalue weighted by Crippen LogP contribution is -2.29. The van der Waals surface area contributed by atoms with Crippen LogP contribution in [0.25, 0.3) is 16.5 Å². The Morgan fingerprint density at radius 3 is 2.60 bits per heavy atom. The quantitative estimate of drug-likeness (QED) is 0.0583. The Bertz CT molecular complexity index is 1970. The number of Topliss-reactive ketones (excluding diaryl/α,β-unsaturated/α-hetero) is 1. The molecule has 1 aromatic heterocycles. The van der Waals surface area contributed by atoms with Gasteiger partial charge in [0.1, 0.15) is 5.76 Å². The van der Waals surface area contributed by atoms with Gasteiger partial charge in [-0.2, -0.15) is 0 Å². The number of carbonyl (C=O) groups excluding carboxylic acids is 2. The molecular weight excluding hydrogens is 618 g/mol. The Morgan fingerprint density at radius 1 is 1.02 bits per heavy atom. The van der Waals surface area contributed by atoms with Crippen LogP contribution in [0.5, 0.6) is 17.2 Å². The van der Waals surface area contributed by atoms with Crippen molar-refractivity contribution in [2.45, 2.75) is 23.1 Å². The fourth-order valence-corrected chi connectivity index (χ4v) is 7.07. The molecule has 0 spiro atoms. The van der Waals surface area contributed by atoms with Crippen molar-refractivity contribution in [1.82, 2.24) is 10.2 Å². The van der Waals surface area contributed by atoms with Gasteiger partial charge in [-0.1, -0.05) is 71.6 Å². The Balaban J connectivity index is 1.40. The molecule has 9 nitrogen and oxygen atoms in total. The van der Waals surface area contributed by atoms with Gasteiger partial charge in [-0.05, 0) is 59.2 Å². The molecule has 2 N–H and O–H groups in total. The second kappa shape index (κ2) is 12.6. The van der Waals surface area contributed by atoms with E-state index in [0.29, 0.717) is 15.7 Å². The summed E-state index contributed by atoms with van der Waals surface area (Å²) in [5.41, 5.74) is 1.15. The number of benzene rings is 4. The van der Waals surface area contributed by atoms with E-state index in [1.165, 1.54) is 49.2 Å². The highest BCUT2D eigenvalue weighted by Crippen LogP contribution is 2.46. The summed E-state index contributed by atoms with van der Waals surface area (Å²) in [7, 11) is 1.31. The van der Waals surface area contributed by atoms with Gasteiger partial charge >= 0.3 is 5.91 Å². The number of ketones is 1. The first kappa shape index (κ1) is 30.1. The molecule has 45 heavy (non-hydrogen) atoms. The SMILES string of the molecule is CCOc1cc(C2C(=C(O)c3ccc(OC)c(F)c3)C(=O)C(=O)N2c2nnc(SCc3cccc4ccccc34)s2)ccc1O. The van der Waals surface area contributed by atoms with Crippen LogP contribution in [0.15, 0.2) is 88.8 Å². The number of carbonyl (C=O) groups is 2. The van der Waals surface area contributed by atoms with Gasteiger partial charge in [0.2, 0.25) is 5.13 Å². The first-order valence-corrected chi connectivity index (χ1v) is 15.6. The number of fused-ring (bicyclic) bond motifs is 1. The van der Waals surface area contributed by atoms with Gasteiger partial charge in [0.15, 0.2) is 27.4 Å². The van der Waals surface area contributed by atoms with Crippen molar-refractivity contribution in [3.63, 3.8) is 0 Å². The number of anilines is 1. The summed E-state index contributed by atoms with van der Waals surface area (Å²) < 4.78 is 25.7. The maximum Gasteiger partial charge on any atom is 0.301 e. The van der Waals surface area contributed by atoms with E-state index in [0.717, 1.165) is 38.6 Å². The van der Waals surface area contributed by atoms with E-state index in [-0.39, 0.29) is 40.1 Å². The molecule has 228 valence electrons. The molecule has 1 aliphatic heterocycles. The molecule has 1 unspecified atom stereocenters. The number of phenols is 1. The Hall–Kier alpha value is -4.94. The predicted molar refractivity (Wildman–Crippen MR) is 170 cm³/mol. The molecule has 6 rings (SSSR count). The zero-order valence-electron chi connectivity index (χ0n) is 24.1. The third-order valence-corrected chi connectivity index (χ3v) is 9.41. The van der Waals surface area contributed by atoms with E-state index in [4.69, 9.17) is 9.47 Å². The highest BCUT2D eigenvalue weighted by atomic mass is 32.2. The van der Waals surface area contributed by atoms with Crippen molar-refractivity contribution in [2.75, 3.05) is 18.6 Å². The number of halogens is 1. The summed E-state index contributed by atoms with van der Waals surface area (Å²) in [6, 6.07) is 21.1. The molecule has 2 heterocycles. The molecule has 1 aliphatic rings. The Morgan fingerprint density at radius 2 is 1.82 bits per heavy atom. The lowest BCUT2D eigenvalue weighted by atomic mass is 9.95. The van der Waals surface area contributed by atoms with Crippen molar-refractivity contribution in [1.29, 1.82) is 0 Å². The molecule has 1 atom stereocenters. The van der Waals surface area contributed by atoms with Crippen molar-refractivity contribution >= 4 is 56.5 Å². The van der Waals surface area contributed by atoms with Crippen LogP contribution in [0.2, 0.25) is 0 Å². The van der Waals surface area contributed by atoms with Crippen LogP contribution in [0.3, 0.4) is 0 Å². The van der Waals surface area contributed by atoms with Gasteiger partial charge in [0.05, 0.1) is 25.3 Å². The Kier molecular flexibility index (Phi) is 8.42. The number of aliphatic hydroxyl groups excluding tert-OH is 1. The first-order chi connectivity index (χ1) is 21.8. The number of phenolic OH excluding ortho intramolecular Hbond substituents is 1. The average Bonchev–Trinajstić information content (AvgIpc) is 3.62. The van der Waals surface area contributed by atoms with E-state index in [1.54, 1.807) is 6.92 Å². The Labute approximate surface area is 265 Å². The normalized spacial score (nSPS) is 16.0. The van der Waals surface area contributed by atoms with Gasteiger partial charge < -0.3 is 19.7 Å². The third-order valence-electron chi connectivity index (χ3n) is 7.30. The van der Waals surface area contributed by atoms with Crippen LogP contribution < -0.4 is 14.4 Å². The minimum atomic E-state index is -1.18. The summed E-state index contributed by atoms with van der Waals surface area (Å²) in [6.45, 7) is 1.99. The van der Waals surface area contributed by atoms with Gasteiger partial charge in [-0.3, -0.25) is 14.5 Å². The van der Waals surface area contributed by atoms with Crippen molar-refractivity contribution in [3.8, 4) is 17.2 Å². The second-order valence-electron chi connectivity index (χ2n) is 9.96. The third kappa shape index (κ3) is 5.69. The summed E-state index contributed by atoms with van der Waals surface area (Å²) in [4.78, 5) is 28.3. The number of methoxy groups -OCH3 is 1. The van der Waals surface area contributed by atoms with Crippen LogP contribution in [0.4, 0.5) is 9.52 Å². The lowest BCUT2D eigenvalue weighted by Gasteiger charge is -2.23. The van der Waals surface area contributed by atoms with Gasteiger partial charge in [-0.25, -0.2) is 4.39 Å². The van der Waals surface area contributed by atoms with Crippen molar-refractivity contribution in [3.05, 3.63) is 107 Å². The van der Waals surface area contributed by atoms with E-state index in [1.807, 2.05) is 36.4 Å². The molecule has 1 fully saturated rings. The largest absolute Gasteiger partial charge is 0.507 e. The number of nitrogens with zero attached hydrogens (tertiary/aromatic N) is 3. The maximum atomic E-state index is 14.6. The van der Waals surface area contributed by atoms with E-state index < -0.39 is 29.3 Å². The van der Waals surface area contributed by atoms with E-state index in [2.05, 4.69) is 16.3 Å². The molecule has 0 radical (unpaired) electrons. The molecule has 0 saturated carbocycles. The molecule has 1 saturated heterocycles. The zero-order valence-corrected chi connectivity index (χ0v) is 25.7. The predicted octanol–water partition coefficient (Wildman–Crippen LogP) is 6.86. The summed E-state index contributed by atoms with van der Waals surface area (Å²) in [5.74, 6) is -2.74. The molecular formula is C33H26FN3O6S2. The smallest absolute Gasteiger partial charge is 0.301 e. The number of aliphatic hydroxyl groups is 1. The number of aromatic nitrogens is 2. The summed E-state index contributed by atoms with van der Waals surface area (Å²) in [5, 5.41) is 32.6. The van der Waals surface area contributed by atoms with Gasteiger partial charge in [0.25, 0.3) is 5.78 Å². The van der Waals surface area contributed by atoms with Crippen molar-refractivity contribution in [2.24, 2.45) is 0 Å². The number of amides is 1. The zero-order chi connectivity index (χ0) is 31.7. The number of thioether (sulfide) groups is 1. The van der Waals surface area contributed by atoms with E-state index in [9.17, 15) is 24.2 Å². The highest BCUT2D eigenvalue weighted by Gasteiger charge is 2.48. The summed E-state index contributed by atoms with van der Waals surface area (Å²) in [6.07, 6.45) is 0. The van der Waals surface area contributed by atoms with Gasteiger partial charge in [0, 0.05) is 11.3 Å². The summed E-state index contributed by atoms with van der Waals surface area (Å²) >= 11 is 2.57. The van der Waals surface area contributed by atoms with E-state index >= 15 is 0 Å². The van der Waals surface area contributed by atoms with Crippen LogP contribution >= 0.6 is 23.1 Å². The molecule has 12 heteroatoms. The fourth-order valence-electron chi connectivity index (χ4n) is 5.20. The first-order valence-electron chi connectivity index (χ1n) is 13.8. The standard InChI is InChI=1S/C33H26FN3O6S2/c1-3-43-26-16-19(11-13-24(26)38)28-27(29(39)20-12-14-25(42-2)23(34)15-20)30(40)31(41)37(28)32-35-36-33(45-32)44-17-21-9-6-8-18-7-4-5-10-22(18)21/h4-16,28,38-39H,3,17H2,1-2H3. The number of rotatable bonds is 9. The van der Waals surface area contributed by atoms with Crippen LogP contribution in [-0.2, 0) is 15.3 Å². The highest BCUT2D eigenvalue weighted by molar-refractivity contribution is 8.00. The second-order valence-corrected chi connectivity index (χ2v) is 12.1. The van der Waals surface area contributed by atoms with Crippen LogP contribution in [0.1, 0.15) is 29.7 Å². The molecule has 0 bridgehead atoms. The molecule has 0 aliphatic carbocycles. The van der Waals surface area contributed by atoms with Gasteiger partial charge in [-0.15, -0.1) is 10.2 Å². The van der Waals surface area contributed by atoms with Crippen molar-refractivity contribution < 1.29 is 33.7 Å². The average molecular weight is 644 g/mol. The number of hydrogen-bond acceptors (Lipinski definition) is 10. The molecule has 4 aromatic carbocycles. The number of hydrogen-bond donors (Lipinski definition) is 2. The minimum absolute atomic E-state index is 0.0243. The van der Waals surface area contributed by atoms with Crippen LogP contribution in [-0.4, -0.2) is 45.8 Å². The molecule has 1 amide bonds. The minimum Gasteiger partial charge on any atom is -0.507 e. The molecule has 5 aromatic rings. The lowest BCUT2D eigenvalue weighted by molar-refractivity contribution is -0.132.